The van der Waals surface area contributed by atoms with Gasteiger partial charge in [0, 0.05) is 25.1 Å². The molecule has 0 saturated carbocycles. The van der Waals surface area contributed by atoms with Gasteiger partial charge in [0.2, 0.25) is 5.91 Å². The highest BCUT2D eigenvalue weighted by Gasteiger charge is 2.05. The molecular weight excluding hydrogens is 274 g/mol. The number of amides is 1. The summed E-state index contributed by atoms with van der Waals surface area (Å²) in [5.41, 5.74) is 0.798. The van der Waals surface area contributed by atoms with Crippen molar-refractivity contribution >= 4 is 11.6 Å². The van der Waals surface area contributed by atoms with E-state index in [1.54, 1.807) is 36.4 Å². The smallest absolute Gasteiger partial charge is 0.222 e. The van der Waals surface area contributed by atoms with Crippen molar-refractivity contribution in [1.29, 1.82) is 0 Å². The highest BCUT2D eigenvalue weighted by atomic mass is 19.1. The summed E-state index contributed by atoms with van der Waals surface area (Å²) in [5, 5.41) is 5.47. The first kappa shape index (κ1) is 15.0. The van der Waals surface area contributed by atoms with Crippen LogP contribution < -0.4 is 10.6 Å². The third kappa shape index (κ3) is 4.56. The average molecular weight is 290 g/mol. The topological polar surface area (TPSA) is 41.1 Å². The first-order valence-electron chi connectivity index (χ1n) is 6.65. The zero-order valence-corrected chi connectivity index (χ0v) is 11.4. The van der Waals surface area contributed by atoms with E-state index in [9.17, 15) is 13.6 Å². The Morgan fingerprint density at radius 3 is 2.33 bits per heavy atom. The van der Waals surface area contributed by atoms with E-state index in [-0.39, 0.29) is 30.5 Å². The van der Waals surface area contributed by atoms with Gasteiger partial charge in [0.05, 0.1) is 5.69 Å². The Morgan fingerprint density at radius 2 is 1.62 bits per heavy atom. The van der Waals surface area contributed by atoms with Gasteiger partial charge >= 0.3 is 0 Å². The molecule has 110 valence electrons. The highest BCUT2D eigenvalue weighted by Crippen LogP contribution is 2.12. The molecule has 5 heteroatoms. The Hall–Kier alpha value is -2.43. The summed E-state index contributed by atoms with van der Waals surface area (Å²) in [5.74, 6) is -0.923. The lowest BCUT2D eigenvalue weighted by atomic mass is 10.2. The molecule has 2 rings (SSSR count). The molecule has 0 aliphatic rings. The molecule has 2 aromatic carbocycles. The van der Waals surface area contributed by atoms with Gasteiger partial charge in [-0.1, -0.05) is 30.3 Å². The van der Waals surface area contributed by atoms with E-state index in [2.05, 4.69) is 10.6 Å². The number of halogens is 2. The molecule has 0 atom stereocenters. The van der Waals surface area contributed by atoms with E-state index >= 15 is 0 Å². The van der Waals surface area contributed by atoms with Gasteiger partial charge in [-0.05, 0) is 18.2 Å². The molecule has 2 aromatic rings. The maximum absolute atomic E-state index is 13.4. The first-order valence-corrected chi connectivity index (χ1v) is 6.65. The van der Waals surface area contributed by atoms with Crippen LogP contribution in [0.1, 0.15) is 12.0 Å². The molecule has 0 aromatic heterocycles. The van der Waals surface area contributed by atoms with Crippen LogP contribution in [0.2, 0.25) is 0 Å². The molecule has 0 heterocycles. The number of nitrogens with one attached hydrogen (secondary N) is 2. The number of benzene rings is 2. The van der Waals surface area contributed by atoms with Crippen LogP contribution in [0.3, 0.4) is 0 Å². The molecule has 0 radical (unpaired) electrons. The van der Waals surface area contributed by atoms with Crippen molar-refractivity contribution in [2.24, 2.45) is 0 Å². The summed E-state index contributed by atoms with van der Waals surface area (Å²) < 4.78 is 26.7. The maximum atomic E-state index is 13.4. The minimum Gasteiger partial charge on any atom is -0.382 e. The Kier molecular flexibility index (Phi) is 5.26. The fourth-order valence-corrected chi connectivity index (χ4v) is 1.84. The van der Waals surface area contributed by atoms with Crippen LogP contribution in [0.15, 0.2) is 48.5 Å². The summed E-state index contributed by atoms with van der Waals surface area (Å²) in [4.78, 5) is 11.6. The number of carbonyl (C=O) groups is 1. The van der Waals surface area contributed by atoms with E-state index in [4.69, 9.17) is 0 Å². The summed E-state index contributed by atoms with van der Waals surface area (Å²) in [6.07, 6.45) is 0.183. The summed E-state index contributed by atoms with van der Waals surface area (Å²) in [6, 6.07) is 12.5. The zero-order valence-electron chi connectivity index (χ0n) is 11.4. The minimum atomic E-state index is -0.357. The lowest BCUT2D eigenvalue weighted by Gasteiger charge is -2.08. The van der Waals surface area contributed by atoms with Crippen molar-refractivity contribution in [2.75, 3.05) is 11.9 Å². The fraction of sp³-hybridized carbons (Fsp3) is 0.188. The molecule has 0 unspecified atom stereocenters. The molecule has 3 nitrogen and oxygen atoms in total. The SMILES string of the molecule is O=C(CCNc1ccccc1F)NCc1ccccc1F. The van der Waals surface area contributed by atoms with E-state index in [0.717, 1.165) is 0 Å². The molecule has 1 amide bonds. The molecule has 0 aliphatic carbocycles. The number of hydrogen-bond donors (Lipinski definition) is 2. The highest BCUT2D eigenvalue weighted by molar-refractivity contribution is 5.76. The van der Waals surface area contributed by atoms with E-state index < -0.39 is 0 Å². The minimum absolute atomic E-state index is 0.144. The molecule has 2 N–H and O–H groups in total. The molecule has 0 bridgehead atoms. The lowest BCUT2D eigenvalue weighted by Crippen LogP contribution is -2.25. The fourth-order valence-electron chi connectivity index (χ4n) is 1.84. The Bertz CT molecular complexity index is 617. The van der Waals surface area contributed by atoms with Crippen molar-refractivity contribution in [1.82, 2.24) is 5.32 Å². The molecule has 0 spiro atoms. The van der Waals surface area contributed by atoms with Gasteiger partial charge in [-0.15, -0.1) is 0 Å². The van der Waals surface area contributed by atoms with Crippen molar-refractivity contribution in [2.45, 2.75) is 13.0 Å². The number of para-hydroxylation sites is 1. The number of rotatable bonds is 6. The summed E-state index contributed by atoms with van der Waals surface area (Å²) in [6.45, 7) is 0.454. The second-order valence-corrected chi connectivity index (χ2v) is 4.52. The normalized spacial score (nSPS) is 10.2. The predicted octanol–water partition coefficient (Wildman–Crippen LogP) is 3.08. The Labute approximate surface area is 122 Å². The molecule has 0 fully saturated rings. The third-order valence-corrected chi connectivity index (χ3v) is 2.98. The third-order valence-electron chi connectivity index (χ3n) is 2.98. The molecule has 21 heavy (non-hydrogen) atoms. The predicted molar refractivity (Wildman–Crippen MR) is 77.8 cm³/mol. The van der Waals surface area contributed by atoms with Gasteiger partial charge in [-0.25, -0.2) is 8.78 Å². The average Bonchev–Trinajstić information content (AvgIpc) is 2.48. The van der Waals surface area contributed by atoms with Crippen LogP contribution in [-0.4, -0.2) is 12.5 Å². The number of hydrogen-bond acceptors (Lipinski definition) is 2. The van der Waals surface area contributed by atoms with E-state index in [1.165, 1.54) is 12.1 Å². The largest absolute Gasteiger partial charge is 0.382 e. The maximum Gasteiger partial charge on any atom is 0.222 e. The van der Waals surface area contributed by atoms with Crippen LogP contribution in [0.25, 0.3) is 0 Å². The van der Waals surface area contributed by atoms with Gasteiger partial charge in [0.25, 0.3) is 0 Å². The van der Waals surface area contributed by atoms with Crippen LogP contribution in [0, 0.1) is 11.6 Å². The molecule has 0 saturated heterocycles. The second kappa shape index (κ2) is 7.38. The summed E-state index contributed by atoms with van der Waals surface area (Å²) in [7, 11) is 0. The van der Waals surface area contributed by atoms with Crippen LogP contribution in [0.4, 0.5) is 14.5 Å². The van der Waals surface area contributed by atoms with Gasteiger partial charge < -0.3 is 10.6 Å². The van der Waals surface area contributed by atoms with Crippen LogP contribution in [0.5, 0.6) is 0 Å². The monoisotopic (exact) mass is 290 g/mol. The van der Waals surface area contributed by atoms with Gasteiger partial charge in [0.1, 0.15) is 11.6 Å². The van der Waals surface area contributed by atoms with Crippen LogP contribution >= 0.6 is 0 Å². The lowest BCUT2D eigenvalue weighted by molar-refractivity contribution is -0.121. The van der Waals surface area contributed by atoms with Crippen molar-refractivity contribution in [3.8, 4) is 0 Å². The van der Waals surface area contributed by atoms with Crippen molar-refractivity contribution in [3.63, 3.8) is 0 Å². The van der Waals surface area contributed by atoms with Crippen molar-refractivity contribution in [3.05, 3.63) is 65.7 Å². The van der Waals surface area contributed by atoms with E-state index in [1.807, 2.05) is 0 Å². The van der Waals surface area contributed by atoms with Gasteiger partial charge in [0.15, 0.2) is 0 Å². The van der Waals surface area contributed by atoms with E-state index in [0.29, 0.717) is 17.8 Å². The van der Waals surface area contributed by atoms with Crippen LogP contribution in [-0.2, 0) is 11.3 Å². The summed E-state index contributed by atoms with van der Waals surface area (Å²) >= 11 is 0. The first-order chi connectivity index (χ1) is 10.2. The molecular formula is C16H16F2N2O. The number of carbonyl (C=O) groups excluding carboxylic acids is 1. The van der Waals surface area contributed by atoms with Gasteiger partial charge in [-0.3, -0.25) is 4.79 Å². The van der Waals surface area contributed by atoms with Crippen molar-refractivity contribution < 1.29 is 13.6 Å². The standard InChI is InChI=1S/C16H16F2N2O/c17-13-6-2-1-5-12(13)11-20-16(21)9-10-19-15-8-4-3-7-14(15)18/h1-8,19H,9-11H2,(H,20,21). The zero-order chi connectivity index (χ0) is 15.1. The Morgan fingerprint density at radius 1 is 0.952 bits per heavy atom. The Balaban J connectivity index is 1.73. The number of anilines is 1. The van der Waals surface area contributed by atoms with Gasteiger partial charge in [-0.2, -0.15) is 0 Å². The molecule has 0 aliphatic heterocycles. The quantitative estimate of drug-likeness (QED) is 0.858. The second-order valence-electron chi connectivity index (χ2n) is 4.52.